The summed E-state index contributed by atoms with van der Waals surface area (Å²) in [6, 6.07) is 10.2. The summed E-state index contributed by atoms with van der Waals surface area (Å²) in [5.74, 6) is 0.437. The van der Waals surface area contributed by atoms with Gasteiger partial charge in [-0.25, -0.2) is 4.98 Å². The van der Waals surface area contributed by atoms with E-state index in [9.17, 15) is 4.79 Å². The van der Waals surface area contributed by atoms with Gasteiger partial charge in [-0.3, -0.25) is 4.79 Å². The minimum Gasteiger partial charge on any atom is -0.381 e. The van der Waals surface area contributed by atoms with Crippen molar-refractivity contribution < 1.29 is 9.53 Å². The Hall–Kier alpha value is -1.72. The molecule has 0 saturated heterocycles. The number of hydrogen-bond acceptors (Lipinski definition) is 4. The number of carbonyl (C=O) groups is 1. The van der Waals surface area contributed by atoms with Crippen molar-refractivity contribution in [3.05, 3.63) is 52.0 Å². The van der Waals surface area contributed by atoms with Crippen LogP contribution >= 0.6 is 11.3 Å². The van der Waals surface area contributed by atoms with Crippen LogP contribution in [0.15, 0.2) is 35.7 Å². The zero-order chi connectivity index (χ0) is 16.5. The van der Waals surface area contributed by atoms with E-state index in [4.69, 9.17) is 4.74 Å². The molecule has 5 heteroatoms. The minimum absolute atomic E-state index is 0.107. The van der Waals surface area contributed by atoms with Gasteiger partial charge in [0, 0.05) is 31.6 Å². The van der Waals surface area contributed by atoms with Crippen LogP contribution < -0.4 is 5.32 Å². The molecule has 0 saturated carbocycles. The van der Waals surface area contributed by atoms with Crippen molar-refractivity contribution in [1.29, 1.82) is 0 Å². The molecule has 0 aliphatic carbocycles. The van der Waals surface area contributed by atoms with Gasteiger partial charge in [-0.2, -0.15) is 0 Å². The second-order valence-corrected chi connectivity index (χ2v) is 6.81. The molecule has 0 fully saturated rings. The van der Waals surface area contributed by atoms with Crippen molar-refractivity contribution in [2.24, 2.45) is 5.92 Å². The van der Waals surface area contributed by atoms with Crippen LogP contribution in [-0.2, 0) is 11.2 Å². The van der Waals surface area contributed by atoms with E-state index >= 15 is 0 Å². The fourth-order valence-electron chi connectivity index (χ4n) is 2.05. The number of nitrogens with one attached hydrogen (secondary N) is 1. The zero-order valence-corrected chi connectivity index (χ0v) is 14.6. The summed E-state index contributed by atoms with van der Waals surface area (Å²) in [6.07, 6.45) is 1.58. The highest BCUT2D eigenvalue weighted by Gasteiger charge is 2.10. The molecule has 1 amide bonds. The average molecular weight is 332 g/mol. The minimum atomic E-state index is -0.107. The van der Waals surface area contributed by atoms with E-state index in [0.29, 0.717) is 24.8 Å². The van der Waals surface area contributed by atoms with Crippen LogP contribution in [0.3, 0.4) is 0 Å². The lowest BCUT2D eigenvalue weighted by Gasteiger charge is -2.07. The van der Waals surface area contributed by atoms with Crippen molar-refractivity contribution in [1.82, 2.24) is 10.3 Å². The summed E-state index contributed by atoms with van der Waals surface area (Å²) in [5, 5.41) is 5.67. The summed E-state index contributed by atoms with van der Waals surface area (Å²) >= 11 is 1.53. The maximum absolute atomic E-state index is 12.0. The largest absolute Gasteiger partial charge is 0.381 e. The Morgan fingerprint density at radius 1 is 1.30 bits per heavy atom. The smallest absolute Gasteiger partial charge is 0.270 e. The van der Waals surface area contributed by atoms with Crippen LogP contribution in [-0.4, -0.2) is 30.6 Å². The van der Waals surface area contributed by atoms with E-state index < -0.39 is 0 Å². The fourth-order valence-corrected chi connectivity index (χ4v) is 2.86. The molecule has 1 aromatic carbocycles. The zero-order valence-electron chi connectivity index (χ0n) is 13.7. The molecule has 0 aliphatic rings. The summed E-state index contributed by atoms with van der Waals surface area (Å²) in [7, 11) is 0. The second-order valence-electron chi connectivity index (χ2n) is 5.87. The highest BCUT2D eigenvalue weighted by Crippen LogP contribution is 2.14. The molecule has 1 heterocycles. The first kappa shape index (κ1) is 17.6. The molecule has 0 spiro atoms. The maximum atomic E-state index is 12.0. The van der Waals surface area contributed by atoms with Gasteiger partial charge in [0.2, 0.25) is 0 Å². The van der Waals surface area contributed by atoms with Crippen molar-refractivity contribution in [2.45, 2.75) is 26.7 Å². The molecule has 0 unspecified atom stereocenters. The molecule has 1 aromatic heterocycles. The third kappa shape index (κ3) is 6.50. The van der Waals surface area contributed by atoms with Crippen LogP contribution in [0, 0.1) is 5.92 Å². The van der Waals surface area contributed by atoms with Crippen molar-refractivity contribution in [3.8, 4) is 0 Å². The highest BCUT2D eigenvalue weighted by atomic mass is 32.1. The summed E-state index contributed by atoms with van der Waals surface area (Å²) in [6.45, 7) is 6.30. The number of rotatable bonds is 9. The van der Waals surface area contributed by atoms with Gasteiger partial charge >= 0.3 is 0 Å². The Morgan fingerprint density at radius 2 is 2.09 bits per heavy atom. The molecular formula is C18H24N2O2S. The number of amides is 1. The SMILES string of the molecule is CC(C)COCCCNC(=O)c1csc(Cc2ccccc2)n1. The number of benzene rings is 1. The predicted octanol–water partition coefficient (Wildman–Crippen LogP) is 3.53. The van der Waals surface area contributed by atoms with E-state index in [1.54, 1.807) is 0 Å². The third-order valence-electron chi connectivity index (χ3n) is 3.18. The summed E-state index contributed by atoms with van der Waals surface area (Å²) in [4.78, 5) is 16.5. The lowest BCUT2D eigenvalue weighted by Crippen LogP contribution is -2.25. The quantitative estimate of drug-likeness (QED) is 0.715. The van der Waals surface area contributed by atoms with Gasteiger partial charge in [0.05, 0.1) is 5.01 Å². The Kier molecular flexibility index (Phi) is 7.23. The first-order valence-electron chi connectivity index (χ1n) is 7.99. The molecule has 23 heavy (non-hydrogen) atoms. The van der Waals surface area contributed by atoms with Gasteiger partial charge in [0.15, 0.2) is 0 Å². The van der Waals surface area contributed by atoms with Gasteiger partial charge < -0.3 is 10.1 Å². The standard InChI is InChI=1S/C18H24N2O2S/c1-14(2)12-22-10-6-9-19-18(21)16-13-23-17(20-16)11-15-7-4-3-5-8-15/h3-5,7-8,13-14H,6,9-12H2,1-2H3,(H,19,21). The number of ether oxygens (including phenoxy) is 1. The Morgan fingerprint density at radius 3 is 2.83 bits per heavy atom. The Balaban J connectivity index is 1.71. The number of thiazole rings is 1. The molecule has 124 valence electrons. The van der Waals surface area contributed by atoms with Crippen molar-refractivity contribution >= 4 is 17.2 Å². The first-order valence-corrected chi connectivity index (χ1v) is 8.87. The number of carbonyl (C=O) groups excluding carboxylic acids is 1. The van der Waals surface area contributed by atoms with Gasteiger partial charge in [0.25, 0.3) is 5.91 Å². The molecule has 2 aromatic rings. The number of aromatic nitrogens is 1. The van der Waals surface area contributed by atoms with Crippen LogP contribution in [0.1, 0.15) is 41.3 Å². The van der Waals surface area contributed by atoms with Gasteiger partial charge in [-0.1, -0.05) is 44.2 Å². The molecule has 1 N–H and O–H groups in total. The molecule has 2 rings (SSSR count). The fraction of sp³-hybridized carbons (Fsp3) is 0.444. The van der Waals surface area contributed by atoms with Crippen LogP contribution in [0.5, 0.6) is 0 Å². The normalized spacial score (nSPS) is 10.9. The van der Waals surface area contributed by atoms with Crippen LogP contribution in [0.25, 0.3) is 0 Å². The molecule has 0 atom stereocenters. The molecule has 0 bridgehead atoms. The van der Waals surface area contributed by atoms with Crippen molar-refractivity contribution in [2.75, 3.05) is 19.8 Å². The molecule has 0 radical (unpaired) electrons. The average Bonchev–Trinajstić information content (AvgIpc) is 3.00. The van der Waals surface area contributed by atoms with E-state index in [1.165, 1.54) is 16.9 Å². The third-order valence-corrected chi connectivity index (χ3v) is 4.03. The highest BCUT2D eigenvalue weighted by molar-refractivity contribution is 7.09. The van der Waals surface area contributed by atoms with E-state index in [-0.39, 0.29) is 5.91 Å². The van der Waals surface area contributed by atoms with Gasteiger partial charge in [-0.05, 0) is 17.9 Å². The van der Waals surface area contributed by atoms with E-state index in [2.05, 4.69) is 36.3 Å². The summed E-state index contributed by atoms with van der Waals surface area (Å²) in [5.41, 5.74) is 1.71. The first-order chi connectivity index (χ1) is 11.1. The van der Waals surface area contributed by atoms with Gasteiger partial charge in [0.1, 0.15) is 5.69 Å². The Bertz CT molecular complexity index is 596. The van der Waals surface area contributed by atoms with Crippen molar-refractivity contribution in [3.63, 3.8) is 0 Å². The lowest BCUT2D eigenvalue weighted by atomic mass is 10.2. The topological polar surface area (TPSA) is 51.2 Å². The second kappa shape index (κ2) is 9.43. The molecule has 4 nitrogen and oxygen atoms in total. The van der Waals surface area contributed by atoms with Gasteiger partial charge in [-0.15, -0.1) is 11.3 Å². The van der Waals surface area contributed by atoms with E-state index in [1.807, 2.05) is 23.6 Å². The molecular weight excluding hydrogens is 308 g/mol. The van der Waals surface area contributed by atoms with Crippen LogP contribution in [0.4, 0.5) is 0 Å². The monoisotopic (exact) mass is 332 g/mol. The summed E-state index contributed by atoms with van der Waals surface area (Å²) < 4.78 is 5.49. The Labute approximate surface area is 141 Å². The van der Waals surface area contributed by atoms with Crippen LogP contribution in [0.2, 0.25) is 0 Å². The predicted molar refractivity (Wildman–Crippen MR) is 94.0 cm³/mol. The maximum Gasteiger partial charge on any atom is 0.270 e. The number of hydrogen-bond donors (Lipinski definition) is 1. The van der Waals surface area contributed by atoms with E-state index in [0.717, 1.165) is 24.5 Å². The lowest BCUT2D eigenvalue weighted by molar-refractivity contribution is 0.0921. The molecule has 0 aliphatic heterocycles. The number of nitrogens with zero attached hydrogens (tertiary/aromatic N) is 1.